The lowest BCUT2D eigenvalue weighted by Gasteiger charge is -2.49. The highest BCUT2D eigenvalue weighted by Gasteiger charge is 2.39. The van der Waals surface area contributed by atoms with Gasteiger partial charge in [-0.2, -0.15) is 0 Å². The Labute approximate surface area is 195 Å². The van der Waals surface area contributed by atoms with E-state index in [0.717, 1.165) is 29.8 Å². The van der Waals surface area contributed by atoms with Gasteiger partial charge in [-0.05, 0) is 82.0 Å². The first-order valence-electron chi connectivity index (χ1n) is 11.3. The van der Waals surface area contributed by atoms with Crippen LogP contribution in [0.1, 0.15) is 40.5 Å². The highest BCUT2D eigenvalue weighted by molar-refractivity contribution is 5.74. The minimum absolute atomic E-state index is 0.0483. The van der Waals surface area contributed by atoms with Crippen molar-refractivity contribution in [1.82, 2.24) is 20.1 Å². The maximum Gasteiger partial charge on any atom is 0.250 e. The van der Waals surface area contributed by atoms with Gasteiger partial charge in [0.15, 0.2) is 5.82 Å². The number of piperidine rings is 1. The SMILES string of the molecule is CN(c1ccc(-c2ccc(-c3ccc(=O)n(C)c3)cc2O)nn1)C1CC(C)(C)NC(C)(C)C1. The summed E-state index contributed by atoms with van der Waals surface area (Å²) in [6, 6.07) is 12.9. The Morgan fingerprint density at radius 3 is 2.24 bits per heavy atom. The number of nitrogens with one attached hydrogen (secondary N) is 1. The molecule has 0 atom stereocenters. The zero-order valence-electron chi connectivity index (χ0n) is 20.3. The second-order valence-corrected chi connectivity index (χ2v) is 10.4. The lowest BCUT2D eigenvalue weighted by Crippen LogP contribution is -2.62. The summed E-state index contributed by atoms with van der Waals surface area (Å²) in [5.74, 6) is 0.942. The zero-order chi connectivity index (χ0) is 24.0. The van der Waals surface area contributed by atoms with Gasteiger partial charge in [-0.25, -0.2) is 0 Å². The van der Waals surface area contributed by atoms with Gasteiger partial charge in [0.2, 0.25) is 5.56 Å². The fourth-order valence-corrected chi connectivity index (χ4v) is 5.08. The topological polar surface area (TPSA) is 83.3 Å². The Balaban J connectivity index is 1.55. The van der Waals surface area contributed by atoms with Crippen molar-refractivity contribution in [3.63, 3.8) is 0 Å². The largest absolute Gasteiger partial charge is 0.507 e. The number of benzene rings is 1. The van der Waals surface area contributed by atoms with Crippen molar-refractivity contribution < 1.29 is 5.11 Å². The Morgan fingerprint density at radius 1 is 1.00 bits per heavy atom. The molecule has 0 radical (unpaired) electrons. The first-order chi connectivity index (χ1) is 15.4. The zero-order valence-corrected chi connectivity index (χ0v) is 20.3. The number of phenolic OH excluding ortho intramolecular Hbond substituents is 1. The summed E-state index contributed by atoms with van der Waals surface area (Å²) in [5, 5.41) is 23.3. The number of aromatic nitrogens is 3. The van der Waals surface area contributed by atoms with Crippen LogP contribution in [-0.2, 0) is 7.05 Å². The van der Waals surface area contributed by atoms with Crippen molar-refractivity contribution in [1.29, 1.82) is 0 Å². The van der Waals surface area contributed by atoms with Crippen LogP contribution in [0.5, 0.6) is 5.75 Å². The van der Waals surface area contributed by atoms with E-state index in [1.54, 1.807) is 25.4 Å². The molecule has 7 nitrogen and oxygen atoms in total. The summed E-state index contributed by atoms with van der Waals surface area (Å²) < 4.78 is 1.52. The molecule has 1 fully saturated rings. The number of anilines is 1. The molecule has 3 aromatic rings. The first-order valence-corrected chi connectivity index (χ1v) is 11.3. The molecule has 0 saturated carbocycles. The molecule has 1 aliphatic rings. The van der Waals surface area contributed by atoms with Gasteiger partial charge >= 0.3 is 0 Å². The highest BCUT2D eigenvalue weighted by atomic mass is 16.3. The van der Waals surface area contributed by atoms with Crippen molar-refractivity contribution in [3.05, 3.63) is 59.0 Å². The number of phenols is 1. The maximum absolute atomic E-state index is 11.6. The maximum atomic E-state index is 11.6. The Morgan fingerprint density at radius 2 is 1.67 bits per heavy atom. The molecule has 2 N–H and O–H groups in total. The van der Waals surface area contributed by atoms with Gasteiger partial charge < -0.3 is 19.9 Å². The highest BCUT2D eigenvalue weighted by Crippen LogP contribution is 2.34. The van der Waals surface area contributed by atoms with E-state index in [4.69, 9.17) is 0 Å². The van der Waals surface area contributed by atoms with Gasteiger partial charge in [0, 0.05) is 49.0 Å². The standard InChI is InChI=1S/C26H33N5O2/c1-25(2)14-19(15-26(3,4)29-25)31(6)23-11-10-21(27-28-23)20-9-7-17(13-22(20)32)18-8-12-24(33)30(5)16-18/h7-13,16,19,29,32H,14-15H2,1-6H3. The van der Waals surface area contributed by atoms with Crippen LogP contribution in [0, 0.1) is 0 Å². The molecule has 0 unspecified atom stereocenters. The number of rotatable bonds is 4. The fraction of sp³-hybridized carbons (Fsp3) is 0.423. The second-order valence-electron chi connectivity index (χ2n) is 10.4. The van der Waals surface area contributed by atoms with Gasteiger partial charge in [-0.15, -0.1) is 10.2 Å². The van der Waals surface area contributed by atoms with E-state index >= 15 is 0 Å². The predicted octanol–water partition coefficient (Wildman–Crippen LogP) is 3.96. The van der Waals surface area contributed by atoms with E-state index < -0.39 is 0 Å². The molecule has 1 aliphatic heterocycles. The van der Waals surface area contributed by atoms with Crippen LogP contribution in [0.3, 0.4) is 0 Å². The van der Waals surface area contributed by atoms with Gasteiger partial charge in [-0.1, -0.05) is 6.07 Å². The van der Waals surface area contributed by atoms with Crippen molar-refractivity contribution in [2.45, 2.75) is 57.7 Å². The molecule has 0 amide bonds. The van der Waals surface area contributed by atoms with E-state index in [0.29, 0.717) is 17.3 Å². The average molecular weight is 448 g/mol. The molecule has 33 heavy (non-hydrogen) atoms. The summed E-state index contributed by atoms with van der Waals surface area (Å²) in [7, 11) is 3.78. The number of hydrogen-bond donors (Lipinski definition) is 2. The van der Waals surface area contributed by atoms with E-state index in [-0.39, 0.29) is 22.4 Å². The van der Waals surface area contributed by atoms with Gasteiger partial charge in [-0.3, -0.25) is 4.79 Å². The number of nitrogens with zero attached hydrogens (tertiary/aromatic N) is 4. The summed E-state index contributed by atoms with van der Waals surface area (Å²) in [6.45, 7) is 8.96. The second kappa shape index (κ2) is 8.30. The van der Waals surface area contributed by atoms with Crippen LogP contribution in [0.4, 0.5) is 5.82 Å². The molecular formula is C26H33N5O2. The molecule has 1 saturated heterocycles. The van der Waals surface area contributed by atoms with Gasteiger partial charge in [0.05, 0.1) is 5.69 Å². The van der Waals surface area contributed by atoms with Crippen LogP contribution >= 0.6 is 0 Å². The Kier molecular flexibility index (Phi) is 5.78. The van der Waals surface area contributed by atoms with E-state index in [9.17, 15) is 9.90 Å². The Bertz CT molecular complexity index is 1200. The third kappa shape index (κ3) is 4.93. The molecule has 7 heteroatoms. The third-order valence-electron chi connectivity index (χ3n) is 6.42. The number of hydrogen-bond acceptors (Lipinski definition) is 6. The molecule has 0 bridgehead atoms. The first kappa shape index (κ1) is 23.0. The van der Waals surface area contributed by atoms with E-state index in [2.05, 4.69) is 55.2 Å². The molecule has 174 valence electrons. The quantitative estimate of drug-likeness (QED) is 0.630. The van der Waals surface area contributed by atoms with Crippen LogP contribution in [0.15, 0.2) is 53.5 Å². The monoisotopic (exact) mass is 447 g/mol. The molecule has 0 spiro atoms. The van der Waals surface area contributed by atoms with Crippen molar-refractivity contribution >= 4 is 5.82 Å². The molecule has 3 heterocycles. The summed E-state index contributed by atoms with van der Waals surface area (Å²) in [5.41, 5.74) is 2.94. The molecule has 0 aliphatic carbocycles. The van der Waals surface area contributed by atoms with Gasteiger partial charge in [0.25, 0.3) is 0 Å². The Hall–Kier alpha value is -3.19. The smallest absolute Gasteiger partial charge is 0.250 e. The average Bonchev–Trinajstić information content (AvgIpc) is 2.73. The molecule has 1 aromatic carbocycles. The van der Waals surface area contributed by atoms with Crippen molar-refractivity contribution in [2.75, 3.05) is 11.9 Å². The summed E-state index contributed by atoms with van der Waals surface area (Å²) >= 11 is 0. The van der Waals surface area contributed by atoms with Crippen LogP contribution in [-0.4, -0.2) is 44.0 Å². The predicted molar refractivity (Wildman–Crippen MR) is 133 cm³/mol. The van der Waals surface area contributed by atoms with Crippen LogP contribution < -0.4 is 15.8 Å². The third-order valence-corrected chi connectivity index (χ3v) is 6.42. The van der Waals surface area contributed by atoms with Crippen molar-refractivity contribution in [3.8, 4) is 28.1 Å². The lowest BCUT2D eigenvalue weighted by atomic mass is 9.79. The fourth-order valence-electron chi connectivity index (χ4n) is 5.08. The lowest BCUT2D eigenvalue weighted by molar-refractivity contribution is 0.160. The molecular weight excluding hydrogens is 414 g/mol. The van der Waals surface area contributed by atoms with E-state index in [1.807, 2.05) is 24.3 Å². The number of pyridine rings is 1. The van der Waals surface area contributed by atoms with Crippen LogP contribution in [0.25, 0.3) is 22.4 Å². The minimum atomic E-state index is -0.0726. The summed E-state index contributed by atoms with van der Waals surface area (Å²) in [6.07, 6.45) is 3.79. The number of aryl methyl sites for hydroxylation is 1. The molecule has 2 aromatic heterocycles. The molecule has 4 rings (SSSR count). The van der Waals surface area contributed by atoms with E-state index in [1.165, 1.54) is 10.6 Å². The minimum Gasteiger partial charge on any atom is -0.507 e. The van der Waals surface area contributed by atoms with Gasteiger partial charge in [0.1, 0.15) is 5.75 Å². The number of aromatic hydroxyl groups is 1. The normalized spacial score (nSPS) is 17.6. The van der Waals surface area contributed by atoms with Crippen molar-refractivity contribution in [2.24, 2.45) is 7.05 Å². The van der Waals surface area contributed by atoms with Crippen LogP contribution in [0.2, 0.25) is 0 Å². The summed E-state index contributed by atoms with van der Waals surface area (Å²) in [4.78, 5) is 13.9.